The van der Waals surface area contributed by atoms with Crippen molar-refractivity contribution < 1.29 is 9.59 Å². The lowest BCUT2D eigenvalue weighted by Crippen LogP contribution is -2.25. The summed E-state index contributed by atoms with van der Waals surface area (Å²) in [5.41, 5.74) is 1.47. The van der Waals surface area contributed by atoms with E-state index in [-0.39, 0.29) is 11.7 Å². The van der Waals surface area contributed by atoms with Crippen molar-refractivity contribution in [1.82, 2.24) is 0 Å². The molecular weight excluding hydrogens is 294 g/mol. The quantitative estimate of drug-likeness (QED) is 0.795. The molecule has 0 aliphatic carbocycles. The van der Waals surface area contributed by atoms with Crippen molar-refractivity contribution in [3.63, 3.8) is 0 Å². The number of hydrogen-bond acceptors (Lipinski definition) is 3. The third-order valence-electron chi connectivity index (χ3n) is 3.43. The molecule has 0 radical (unpaired) electrons. The fourth-order valence-corrected chi connectivity index (χ4v) is 3.31. The van der Waals surface area contributed by atoms with E-state index < -0.39 is 0 Å². The van der Waals surface area contributed by atoms with Gasteiger partial charge in [-0.15, -0.1) is 0 Å². The third-order valence-corrected chi connectivity index (χ3v) is 4.51. The van der Waals surface area contributed by atoms with Gasteiger partial charge in [0.1, 0.15) is 0 Å². The van der Waals surface area contributed by atoms with Gasteiger partial charge in [0.25, 0.3) is 0 Å². The summed E-state index contributed by atoms with van der Waals surface area (Å²) in [7, 11) is 0. The number of nitrogens with zero attached hydrogens (tertiary/aromatic N) is 1. The number of amides is 1. The van der Waals surface area contributed by atoms with Crippen LogP contribution in [0.2, 0.25) is 0 Å². The van der Waals surface area contributed by atoms with Crippen LogP contribution in [0, 0.1) is 0 Å². The van der Waals surface area contributed by atoms with Crippen molar-refractivity contribution in [1.29, 1.82) is 0 Å². The molecule has 0 aromatic heterocycles. The van der Waals surface area contributed by atoms with Crippen LogP contribution < -0.4 is 4.90 Å². The minimum absolute atomic E-state index is 0.0227. The molecule has 3 rings (SSSR count). The predicted molar refractivity (Wildman–Crippen MR) is 88.9 cm³/mol. The van der Waals surface area contributed by atoms with E-state index in [4.69, 9.17) is 0 Å². The van der Waals surface area contributed by atoms with E-state index in [2.05, 4.69) is 0 Å². The second kappa shape index (κ2) is 6.20. The summed E-state index contributed by atoms with van der Waals surface area (Å²) in [6.07, 6.45) is 2.04. The Morgan fingerprint density at radius 1 is 1.09 bits per heavy atom. The van der Waals surface area contributed by atoms with E-state index in [1.807, 2.05) is 61.5 Å². The molecule has 1 aliphatic rings. The number of fused-ring (bicyclic) bond motifs is 1. The monoisotopic (exact) mass is 309 g/mol. The van der Waals surface area contributed by atoms with Crippen molar-refractivity contribution in [3.05, 3.63) is 71.3 Å². The zero-order valence-electron chi connectivity index (χ0n) is 12.2. The lowest BCUT2D eigenvalue weighted by atomic mass is 10.1. The number of allylic oxidation sites excluding steroid dienone is 1. The van der Waals surface area contributed by atoms with E-state index in [1.54, 1.807) is 11.1 Å². The second-order valence-electron chi connectivity index (χ2n) is 4.87. The standard InChI is InChI=1S/C18H15NO2S/c1-2-17(20)19(13-8-4-3-5-9-13)12-16-18(21)14-10-6-7-11-15(14)22-16/h3-12H,2H2,1H3. The molecule has 0 atom stereocenters. The zero-order valence-corrected chi connectivity index (χ0v) is 13.0. The third kappa shape index (κ3) is 2.70. The molecule has 2 aromatic rings. The maximum Gasteiger partial charge on any atom is 0.230 e. The molecule has 2 aromatic carbocycles. The summed E-state index contributed by atoms with van der Waals surface area (Å²) in [4.78, 5) is 27.8. The van der Waals surface area contributed by atoms with Crippen molar-refractivity contribution in [2.24, 2.45) is 0 Å². The average Bonchev–Trinajstić information content (AvgIpc) is 2.89. The maximum atomic E-state index is 12.4. The van der Waals surface area contributed by atoms with E-state index >= 15 is 0 Å². The number of hydrogen-bond donors (Lipinski definition) is 0. The lowest BCUT2D eigenvalue weighted by Gasteiger charge is -2.18. The number of benzene rings is 2. The van der Waals surface area contributed by atoms with Crippen LogP contribution in [0.25, 0.3) is 0 Å². The van der Waals surface area contributed by atoms with Crippen LogP contribution in [0.1, 0.15) is 23.7 Å². The van der Waals surface area contributed by atoms with Crippen LogP contribution >= 0.6 is 11.8 Å². The molecule has 0 saturated heterocycles. The molecule has 22 heavy (non-hydrogen) atoms. The smallest absolute Gasteiger partial charge is 0.230 e. The minimum atomic E-state index is -0.0388. The topological polar surface area (TPSA) is 37.4 Å². The minimum Gasteiger partial charge on any atom is -0.288 e. The summed E-state index contributed by atoms with van der Waals surface area (Å²) >= 11 is 1.41. The second-order valence-corrected chi connectivity index (χ2v) is 5.96. The fraction of sp³-hybridized carbons (Fsp3) is 0.111. The van der Waals surface area contributed by atoms with Gasteiger partial charge >= 0.3 is 0 Å². The van der Waals surface area contributed by atoms with Gasteiger partial charge in [-0.1, -0.05) is 49.0 Å². The van der Waals surface area contributed by atoms with Gasteiger partial charge < -0.3 is 0 Å². The summed E-state index contributed by atoms with van der Waals surface area (Å²) in [6.45, 7) is 1.81. The lowest BCUT2D eigenvalue weighted by molar-refractivity contribution is -0.117. The van der Waals surface area contributed by atoms with Gasteiger partial charge in [0, 0.05) is 28.8 Å². The van der Waals surface area contributed by atoms with E-state index in [1.165, 1.54) is 11.8 Å². The van der Waals surface area contributed by atoms with Gasteiger partial charge in [-0.25, -0.2) is 0 Å². The maximum absolute atomic E-state index is 12.4. The first-order valence-corrected chi connectivity index (χ1v) is 7.93. The largest absolute Gasteiger partial charge is 0.288 e. The first-order chi connectivity index (χ1) is 10.7. The summed E-state index contributed by atoms with van der Waals surface area (Å²) < 4.78 is 0. The number of para-hydroxylation sites is 1. The van der Waals surface area contributed by atoms with Crippen molar-refractivity contribution in [2.45, 2.75) is 18.2 Å². The van der Waals surface area contributed by atoms with Crippen LogP contribution in [-0.4, -0.2) is 11.7 Å². The SMILES string of the molecule is CCC(=O)N(C=C1Sc2ccccc2C1=O)c1ccccc1. The van der Waals surface area contributed by atoms with E-state index in [9.17, 15) is 9.59 Å². The van der Waals surface area contributed by atoms with Crippen LogP contribution in [0.3, 0.4) is 0 Å². The number of anilines is 1. The fourth-order valence-electron chi connectivity index (χ4n) is 2.29. The number of thioether (sulfide) groups is 1. The molecule has 1 aliphatic heterocycles. The molecule has 1 amide bonds. The van der Waals surface area contributed by atoms with Crippen molar-refractivity contribution in [3.8, 4) is 0 Å². The van der Waals surface area contributed by atoms with Crippen LogP contribution in [-0.2, 0) is 4.79 Å². The predicted octanol–water partition coefficient (Wildman–Crippen LogP) is 4.26. The number of carbonyl (C=O) groups is 2. The van der Waals surface area contributed by atoms with Gasteiger partial charge in [0.05, 0.1) is 4.91 Å². The summed E-state index contributed by atoms with van der Waals surface area (Å²) in [5, 5.41) is 0. The Morgan fingerprint density at radius 2 is 1.77 bits per heavy atom. The number of rotatable bonds is 3. The number of carbonyl (C=O) groups excluding carboxylic acids is 2. The molecule has 1 heterocycles. The highest BCUT2D eigenvalue weighted by atomic mass is 32.2. The van der Waals surface area contributed by atoms with Crippen molar-refractivity contribution >= 4 is 29.1 Å². The van der Waals surface area contributed by atoms with Gasteiger partial charge in [-0.3, -0.25) is 14.5 Å². The molecule has 3 nitrogen and oxygen atoms in total. The zero-order chi connectivity index (χ0) is 15.5. The highest BCUT2D eigenvalue weighted by Gasteiger charge is 2.27. The van der Waals surface area contributed by atoms with Gasteiger partial charge in [-0.05, 0) is 24.3 Å². The molecule has 4 heteroatoms. The molecular formula is C18H15NO2S. The Kier molecular flexibility index (Phi) is 4.11. The van der Waals surface area contributed by atoms with Crippen LogP contribution in [0.5, 0.6) is 0 Å². The summed E-state index contributed by atoms with van der Waals surface area (Å²) in [5.74, 6) is -0.0616. The van der Waals surface area contributed by atoms with Crippen molar-refractivity contribution in [2.75, 3.05) is 4.90 Å². The molecule has 0 saturated carbocycles. The normalized spacial score (nSPS) is 15.0. The Hall–Kier alpha value is -2.33. The van der Waals surface area contributed by atoms with E-state index in [0.717, 1.165) is 10.6 Å². The summed E-state index contributed by atoms with van der Waals surface area (Å²) in [6, 6.07) is 16.9. The van der Waals surface area contributed by atoms with Crippen LogP contribution in [0.4, 0.5) is 5.69 Å². The molecule has 110 valence electrons. The Bertz CT molecular complexity index is 753. The Balaban J connectivity index is 1.98. The Labute approximate surface area is 133 Å². The van der Waals surface area contributed by atoms with Gasteiger partial charge in [0.2, 0.25) is 11.7 Å². The highest BCUT2D eigenvalue weighted by molar-refractivity contribution is 8.04. The van der Waals surface area contributed by atoms with Gasteiger partial charge in [-0.2, -0.15) is 0 Å². The van der Waals surface area contributed by atoms with Crippen LogP contribution in [0.15, 0.2) is 70.6 Å². The molecule has 0 fully saturated rings. The van der Waals surface area contributed by atoms with Gasteiger partial charge in [0.15, 0.2) is 0 Å². The van der Waals surface area contributed by atoms with E-state index in [0.29, 0.717) is 16.9 Å². The number of ketones is 1. The number of Topliss-reactive ketones (excluding diaryl/α,β-unsaturated/α-hetero) is 1. The molecule has 0 spiro atoms. The molecule has 0 unspecified atom stereocenters. The highest BCUT2D eigenvalue weighted by Crippen LogP contribution is 2.40. The first-order valence-electron chi connectivity index (χ1n) is 7.11. The molecule has 0 N–H and O–H groups in total. The molecule has 0 bridgehead atoms. The Morgan fingerprint density at radius 3 is 2.45 bits per heavy atom. The first kappa shape index (κ1) is 14.6. The average molecular weight is 309 g/mol.